The average Bonchev–Trinajstić information content (AvgIpc) is 2.97. The largest absolute Gasteiger partial charge is 0.269 e. The fourth-order valence-electron chi connectivity index (χ4n) is 1.92. The van der Waals surface area contributed by atoms with E-state index in [-0.39, 0.29) is 5.56 Å². The van der Waals surface area contributed by atoms with Crippen molar-refractivity contribution in [3.63, 3.8) is 0 Å². The lowest BCUT2D eigenvalue weighted by Gasteiger charge is -2.06. The van der Waals surface area contributed by atoms with E-state index in [0.29, 0.717) is 27.0 Å². The number of aryl methyl sites for hydroxylation is 1. The number of aromatic nitrogens is 4. The summed E-state index contributed by atoms with van der Waals surface area (Å²) in [6.07, 6.45) is 1.70. The summed E-state index contributed by atoms with van der Waals surface area (Å²) in [5, 5.41) is 19.8. The van der Waals surface area contributed by atoms with Gasteiger partial charge in [0.15, 0.2) is 4.96 Å². The minimum absolute atomic E-state index is 0.103. The molecular weight excluding hydrogens is 318 g/mol. The highest BCUT2D eigenvalue weighted by Gasteiger charge is 2.12. The van der Waals surface area contributed by atoms with Gasteiger partial charge in [-0.05, 0) is 19.4 Å². The molecule has 0 unspecified atom stereocenters. The van der Waals surface area contributed by atoms with Gasteiger partial charge in [0, 0.05) is 23.4 Å². The number of nitrogens with zero attached hydrogens (tertiary/aromatic N) is 5. The quantitative estimate of drug-likeness (QED) is 0.686. The molecule has 0 spiro atoms. The summed E-state index contributed by atoms with van der Waals surface area (Å²) in [4.78, 5) is 17.0. The molecule has 0 radical (unpaired) electrons. The lowest BCUT2D eigenvalue weighted by atomic mass is 10.1. The summed E-state index contributed by atoms with van der Waals surface area (Å²) in [7, 11) is 0. The first-order valence-corrected chi connectivity index (χ1v) is 8.29. The van der Waals surface area contributed by atoms with Crippen LogP contribution >= 0.6 is 23.1 Å². The highest BCUT2D eigenvalue weighted by Crippen LogP contribution is 2.25. The lowest BCUT2D eigenvalue weighted by molar-refractivity contribution is 0.870. The molecule has 3 aromatic heterocycles. The zero-order valence-corrected chi connectivity index (χ0v) is 13.5. The molecule has 0 N–H and O–H groups in total. The van der Waals surface area contributed by atoms with Gasteiger partial charge in [0.2, 0.25) is 0 Å². The standard InChI is InChI=1S/C14H11N5OS2/c1-8-9(2)17-18-13(11(8)6-15)22-7-10-5-12(20)19-3-4-21-14(19)16-10/h3-5H,7H2,1-2H3. The van der Waals surface area contributed by atoms with Crippen LogP contribution in [0, 0.1) is 25.2 Å². The third-order valence-electron chi connectivity index (χ3n) is 3.25. The molecule has 0 saturated heterocycles. The van der Waals surface area contributed by atoms with E-state index in [1.54, 1.807) is 6.20 Å². The van der Waals surface area contributed by atoms with Crippen molar-refractivity contribution in [3.8, 4) is 6.07 Å². The smallest absolute Gasteiger partial charge is 0.258 e. The van der Waals surface area contributed by atoms with E-state index in [2.05, 4.69) is 21.3 Å². The highest BCUT2D eigenvalue weighted by molar-refractivity contribution is 7.98. The minimum atomic E-state index is -0.103. The van der Waals surface area contributed by atoms with Crippen molar-refractivity contribution in [1.29, 1.82) is 5.26 Å². The van der Waals surface area contributed by atoms with Gasteiger partial charge in [-0.1, -0.05) is 11.8 Å². The number of hydrogen-bond acceptors (Lipinski definition) is 7. The molecule has 0 aliphatic carbocycles. The van der Waals surface area contributed by atoms with Crippen LogP contribution in [0.2, 0.25) is 0 Å². The first-order chi connectivity index (χ1) is 10.6. The van der Waals surface area contributed by atoms with Gasteiger partial charge in [0.05, 0.1) is 17.0 Å². The van der Waals surface area contributed by atoms with Crippen LogP contribution in [0.1, 0.15) is 22.5 Å². The molecule has 3 aromatic rings. The molecule has 110 valence electrons. The van der Waals surface area contributed by atoms with Crippen LogP contribution in [0.25, 0.3) is 4.96 Å². The van der Waals surface area contributed by atoms with E-state index in [1.165, 1.54) is 33.6 Å². The number of hydrogen-bond donors (Lipinski definition) is 0. The van der Waals surface area contributed by atoms with Gasteiger partial charge in [-0.15, -0.1) is 16.4 Å². The van der Waals surface area contributed by atoms with Gasteiger partial charge >= 0.3 is 0 Å². The third kappa shape index (κ3) is 2.61. The molecule has 0 fully saturated rings. The van der Waals surface area contributed by atoms with Crippen molar-refractivity contribution < 1.29 is 0 Å². The fourth-order valence-corrected chi connectivity index (χ4v) is 3.54. The molecule has 0 aliphatic rings. The first-order valence-electron chi connectivity index (χ1n) is 6.42. The molecule has 8 heteroatoms. The molecule has 22 heavy (non-hydrogen) atoms. The minimum Gasteiger partial charge on any atom is -0.269 e. The van der Waals surface area contributed by atoms with Gasteiger partial charge < -0.3 is 0 Å². The molecule has 0 aromatic carbocycles. The molecule has 3 rings (SSSR count). The van der Waals surface area contributed by atoms with Crippen molar-refractivity contribution in [2.75, 3.05) is 0 Å². The van der Waals surface area contributed by atoms with E-state index in [0.717, 1.165) is 11.3 Å². The number of thiazole rings is 1. The van der Waals surface area contributed by atoms with Gasteiger partial charge in [-0.2, -0.15) is 10.4 Å². The van der Waals surface area contributed by atoms with Crippen molar-refractivity contribution in [2.45, 2.75) is 24.6 Å². The van der Waals surface area contributed by atoms with Crippen molar-refractivity contribution in [1.82, 2.24) is 19.6 Å². The SMILES string of the molecule is Cc1nnc(SCc2cc(=O)n3ccsc3n2)c(C#N)c1C. The monoisotopic (exact) mass is 329 g/mol. The zero-order valence-electron chi connectivity index (χ0n) is 11.9. The van der Waals surface area contributed by atoms with Crippen LogP contribution in [0.4, 0.5) is 0 Å². The average molecular weight is 329 g/mol. The van der Waals surface area contributed by atoms with E-state index >= 15 is 0 Å². The Labute approximate surface area is 134 Å². The molecule has 0 atom stereocenters. The van der Waals surface area contributed by atoms with Gasteiger partial charge in [0.1, 0.15) is 11.1 Å². The van der Waals surface area contributed by atoms with E-state index in [9.17, 15) is 10.1 Å². The second kappa shape index (κ2) is 5.87. The Morgan fingerprint density at radius 2 is 2.23 bits per heavy atom. The predicted molar refractivity (Wildman–Crippen MR) is 85.1 cm³/mol. The molecule has 0 saturated carbocycles. The summed E-state index contributed by atoms with van der Waals surface area (Å²) in [5.41, 5.74) is 2.68. The number of rotatable bonds is 3. The maximum absolute atomic E-state index is 11.9. The van der Waals surface area contributed by atoms with Crippen molar-refractivity contribution in [3.05, 3.63) is 50.5 Å². The summed E-state index contributed by atoms with van der Waals surface area (Å²) >= 11 is 2.78. The Hall–Kier alpha value is -2.24. The van der Waals surface area contributed by atoms with Gasteiger partial charge in [-0.25, -0.2) is 4.98 Å². The van der Waals surface area contributed by atoms with E-state index < -0.39 is 0 Å². The van der Waals surface area contributed by atoms with Gasteiger partial charge in [-0.3, -0.25) is 9.20 Å². The van der Waals surface area contributed by atoms with Crippen LogP contribution in [0.15, 0.2) is 27.5 Å². The number of thioether (sulfide) groups is 1. The predicted octanol–water partition coefficient (Wildman–Crippen LogP) is 2.33. The van der Waals surface area contributed by atoms with Gasteiger partial charge in [0.25, 0.3) is 5.56 Å². The zero-order chi connectivity index (χ0) is 15.7. The second-order valence-corrected chi connectivity index (χ2v) is 6.47. The molecule has 6 nitrogen and oxygen atoms in total. The summed E-state index contributed by atoms with van der Waals surface area (Å²) in [6.45, 7) is 3.68. The topological polar surface area (TPSA) is 83.9 Å². The summed E-state index contributed by atoms with van der Waals surface area (Å²) in [6, 6.07) is 3.68. The van der Waals surface area contributed by atoms with Crippen molar-refractivity contribution in [2.24, 2.45) is 0 Å². The highest BCUT2D eigenvalue weighted by atomic mass is 32.2. The Morgan fingerprint density at radius 3 is 3.00 bits per heavy atom. The fraction of sp³-hybridized carbons (Fsp3) is 0.214. The number of fused-ring (bicyclic) bond motifs is 1. The van der Waals surface area contributed by atoms with Crippen molar-refractivity contribution >= 4 is 28.1 Å². The van der Waals surface area contributed by atoms with Crippen LogP contribution < -0.4 is 5.56 Å². The maximum atomic E-state index is 11.9. The third-order valence-corrected chi connectivity index (χ3v) is 5.00. The Bertz CT molecular complexity index is 954. The van der Waals surface area contributed by atoms with Crippen LogP contribution in [0.5, 0.6) is 0 Å². The van der Waals surface area contributed by atoms with E-state index in [4.69, 9.17) is 0 Å². The van der Waals surface area contributed by atoms with Crippen LogP contribution in [-0.4, -0.2) is 19.6 Å². The van der Waals surface area contributed by atoms with E-state index in [1.807, 2.05) is 19.2 Å². The molecule has 3 heterocycles. The Kier molecular flexibility index (Phi) is 3.92. The molecule has 0 aliphatic heterocycles. The van der Waals surface area contributed by atoms with Crippen LogP contribution in [0.3, 0.4) is 0 Å². The molecule has 0 bridgehead atoms. The summed E-state index contributed by atoms with van der Waals surface area (Å²) in [5.74, 6) is 0.468. The first kappa shape index (κ1) is 14.7. The lowest BCUT2D eigenvalue weighted by Crippen LogP contribution is -2.12. The van der Waals surface area contributed by atoms with Crippen LogP contribution in [-0.2, 0) is 5.75 Å². The Morgan fingerprint density at radius 1 is 1.41 bits per heavy atom. The Balaban J connectivity index is 1.90. The normalized spacial score (nSPS) is 10.8. The molecule has 0 amide bonds. The second-order valence-electron chi connectivity index (χ2n) is 4.63. The maximum Gasteiger partial charge on any atom is 0.258 e. The molecular formula is C14H11N5OS2. The summed E-state index contributed by atoms with van der Waals surface area (Å²) < 4.78 is 1.51. The number of nitriles is 1.